The second-order valence-corrected chi connectivity index (χ2v) is 7.38. The quantitative estimate of drug-likeness (QED) is 0.700. The summed E-state index contributed by atoms with van der Waals surface area (Å²) < 4.78 is 27.2. The highest BCUT2D eigenvalue weighted by atomic mass is 19.1. The SMILES string of the molecule is Cc1cccc(-c2cn[nH]c2C2CCCN(Cc3ccc(F)cc3F)C2)c1. The van der Waals surface area contributed by atoms with E-state index in [4.69, 9.17) is 0 Å². The Morgan fingerprint density at radius 3 is 2.89 bits per heavy atom. The summed E-state index contributed by atoms with van der Waals surface area (Å²) in [5.74, 6) is -0.688. The Morgan fingerprint density at radius 2 is 2.07 bits per heavy atom. The van der Waals surface area contributed by atoms with Gasteiger partial charge in [-0.25, -0.2) is 8.78 Å². The van der Waals surface area contributed by atoms with Crippen molar-refractivity contribution in [2.75, 3.05) is 13.1 Å². The summed E-state index contributed by atoms with van der Waals surface area (Å²) in [4.78, 5) is 2.24. The zero-order valence-electron chi connectivity index (χ0n) is 15.4. The summed E-state index contributed by atoms with van der Waals surface area (Å²) in [5, 5.41) is 7.49. The summed E-state index contributed by atoms with van der Waals surface area (Å²) in [7, 11) is 0. The van der Waals surface area contributed by atoms with E-state index < -0.39 is 11.6 Å². The number of halogens is 2. The molecule has 3 nitrogen and oxygen atoms in total. The molecule has 140 valence electrons. The van der Waals surface area contributed by atoms with Crippen LogP contribution < -0.4 is 0 Å². The van der Waals surface area contributed by atoms with Crippen molar-refractivity contribution in [1.29, 1.82) is 0 Å². The van der Waals surface area contributed by atoms with E-state index in [0.29, 0.717) is 18.0 Å². The molecule has 1 unspecified atom stereocenters. The monoisotopic (exact) mass is 367 g/mol. The minimum Gasteiger partial charge on any atom is -0.298 e. The third-order valence-electron chi connectivity index (χ3n) is 5.32. The van der Waals surface area contributed by atoms with Crippen molar-refractivity contribution in [2.45, 2.75) is 32.2 Å². The van der Waals surface area contributed by atoms with Crippen molar-refractivity contribution >= 4 is 0 Å². The van der Waals surface area contributed by atoms with Crippen molar-refractivity contribution in [2.24, 2.45) is 0 Å². The van der Waals surface area contributed by atoms with Crippen molar-refractivity contribution in [3.05, 3.63) is 77.1 Å². The normalized spacial score (nSPS) is 18.0. The van der Waals surface area contributed by atoms with Gasteiger partial charge in [0.05, 0.1) is 6.20 Å². The molecular weight excluding hydrogens is 344 g/mol. The van der Waals surface area contributed by atoms with Gasteiger partial charge in [0.1, 0.15) is 11.6 Å². The number of aryl methyl sites for hydroxylation is 1. The number of nitrogens with zero attached hydrogens (tertiary/aromatic N) is 2. The summed E-state index contributed by atoms with van der Waals surface area (Å²) in [6.07, 6.45) is 4.01. The molecule has 0 amide bonds. The summed E-state index contributed by atoms with van der Waals surface area (Å²) >= 11 is 0. The first-order valence-electron chi connectivity index (χ1n) is 9.37. The molecule has 1 fully saturated rings. The van der Waals surface area contributed by atoms with Gasteiger partial charge in [0.2, 0.25) is 0 Å². The van der Waals surface area contributed by atoms with Crippen LogP contribution in [0.25, 0.3) is 11.1 Å². The topological polar surface area (TPSA) is 31.9 Å². The number of rotatable bonds is 4. The Kier molecular flexibility index (Phi) is 5.03. The molecule has 4 rings (SSSR count). The third-order valence-corrected chi connectivity index (χ3v) is 5.32. The smallest absolute Gasteiger partial charge is 0.130 e. The second-order valence-electron chi connectivity index (χ2n) is 7.38. The number of aromatic amines is 1. The van der Waals surface area contributed by atoms with E-state index in [0.717, 1.165) is 43.3 Å². The van der Waals surface area contributed by atoms with Crippen LogP contribution in [0.15, 0.2) is 48.7 Å². The van der Waals surface area contributed by atoms with Crippen molar-refractivity contribution in [3.63, 3.8) is 0 Å². The van der Waals surface area contributed by atoms with E-state index in [9.17, 15) is 8.78 Å². The maximum atomic E-state index is 14.0. The van der Waals surface area contributed by atoms with Gasteiger partial charge in [0.25, 0.3) is 0 Å². The lowest BCUT2D eigenvalue weighted by molar-refractivity contribution is 0.196. The van der Waals surface area contributed by atoms with E-state index >= 15 is 0 Å². The van der Waals surface area contributed by atoms with E-state index in [-0.39, 0.29) is 0 Å². The lowest BCUT2D eigenvalue weighted by atomic mass is 9.90. The molecule has 0 bridgehead atoms. The minimum atomic E-state index is -0.534. The fraction of sp³-hybridized carbons (Fsp3) is 0.318. The van der Waals surface area contributed by atoms with E-state index in [1.165, 1.54) is 17.2 Å². The Bertz CT molecular complexity index is 935. The minimum absolute atomic E-state index is 0.320. The molecule has 1 saturated heterocycles. The number of aromatic nitrogens is 2. The highest BCUT2D eigenvalue weighted by molar-refractivity contribution is 5.66. The highest BCUT2D eigenvalue weighted by Gasteiger charge is 2.25. The molecule has 0 saturated carbocycles. The number of H-pyrrole nitrogens is 1. The van der Waals surface area contributed by atoms with Crippen molar-refractivity contribution < 1.29 is 8.78 Å². The average Bonchev–Trinajstić information content (AvgIpc) is 3.14. The van der Waals surface area contributed by atoms with Crippen LogP contribution in [0.4, 0.5) is 8.78 Å². The van der Waals surface area contributed by atoms with Crippen LogP contribution in [0.3, 0.4) is 0 Å². The molecular formula is C22H23F2N3. The Hall–Kier alpha value is -2.53. The van der Waals surface area contributed by atoms with Crippen LogP contribution in [0.2, 0.25) is 0 Å². The number of hydrogen-bond acceptors (Lipinski definition) is 2. The van der Waals surface area contributed by atoms with Gasteiger partial charge in [-0.2, -0.15) is 5.10 Å². The molecule has 1 aliphatic rings. The van der Waals surface area contributed by atoms with Gasteiger partial charge in [-0.1, -0.05) is 35.9 Å². The van der Waals surface area contributed by atoms with Crippen LogP contribution in [-0.4, -0.2) is 28.2 Å². The molecule has 0 spiro atoms. The molecule has 0 aliphatic carbocycles. The Labute approximate surface area is 158 Å². The lowest BCUT2D eigenvalue weighted by Gasteiger charge is -2.32. The Balaban J connectivity index is 1.53. The van der Waals surface area contributed by atoms with Crippen LogP contribution in [0.1, 0.15) is 35.6 Å². The fourth-order valence-electron chi connectivity index (χ4n) is 3.98. The van der Waals surface area contributed by atoms with Gasteiger partial charge in [0, 0.05) is 41.9 Å². The van der Waals surface area contributed by atoms with Crippen LogP contribution >= 0.6 is 0 Å². The van der Waals surface area contributed by atoms with Gasteiger partial charge >= 0.3 is 0 Å². The summed E-state index contributed by atoms with van der Waals surface area (Å²) in [5.41, 5.74) is 5.21. The van der Waals surface area contributed by atoms with Crippen LogP contribution in [-0.2, 0) is 6.54 Å². The van der Waals surface area contributed by atoms with Gasteiger partial charge in [0.15, 0.2) is 0 Å². The maximum absolute atomic E-state index is 14.0. The number of piperidine rings is 1. The first-order valence-corrected chi connectivity index (χ1v) is 9.37. The number of likely N-dealkylation sites (tertiary alicyclic amines) is 1. The number of benzene rings is 2. The molecule has 2 aromatic carbocycles. The number of hydrogen-bond donors (Lipinski definition) is 1. The lowest BCUT2D eigenvalue weighted by Crippen LogP contribution is -2.34. The third kappa shape index (κ3) is 3.93. The molecule has 2 heterocycles. The van der Waals surface area contributed by atoms with Gasteiger partial charge in [-0.05, 0) is 37.9 Å². The van der Waals surface area contributed by atoms with E-state index in [2.05, 4.69) is 46.3 Å². The Morgan fingerprint density at radius 1 is 1.19 bits per heavy atom. The van der Waals surface area contributed by atoms with E-state index in [1.807, 2.05) is 6.20 Å². The molecule has 5 heteroatoms. The van der Waals surface area contributed by atoms with E-state index in [1.54, 1.807) is 6.07 Å². The molecule has 1 aliphatic heterocycles. The zero-order valence-corrected chi connectivity index (χ0v) is 15.4. The predicted octanol–water partition coefficient (Wildman–Crippen LogP) is 5.04. The molecule has 27 heavy (non-hydrogen) atoms. The molecule has 0 radical (unpaired) electrons. The van der Waals surface area contributed by atoms with Crippen LogP contribution in [0.5, 0.6) is 0 Å². The molecule has 1 aromatic heterocycles. The molecule has 1 N–H and O–H groups in total. The van der Waals surface area contributed by atoms with Gasteiger partial charge < -0.3 is 0 Å². The highest BCUT2D eigenvalue weighted by Crippen LogP contribution is 2.33. The second kappa shape index (κ2) is 7.61. The van der Waals surface area contributed by atoms with Gasteiger partial charge in [-0.3, -0.25) is 10.00 Å². The summed E-state index contributed by atoms with van der Waals surface area (Å²) in [6, 6.07) is 12.3. The van der Waals surface area contributed by atoms with Gasteiger partial charge in [-0.15, -0.1) is 0 Å². The predicted molar refractivity (Wildman–Crippen MR) is 102 cm³/mol. The first kappa shape index (κ1) is 17.9. The molecule has 1 atom stereocenters. The summed E-state index contributed by atoms with van der Waals surface area (Å²) in [6.45, 7) is 4.33. The first-order chi connectivity index (χ1) is 13.1. The standard InChI is InChI=1S/C22H23F2N3/c1-15-4-2-5-16(10-15)20-12-25-26-22(20)18-6-3-9-27(14-18)13-17-7-8-19(23)11-21(17)24/h2,4-5,7-8,10-12,18H,3,6,9,13-14H2,1H3,(H,25,26). The molecule has 3 aromatic rings. The largest absolute Gasteiger partial charge is 0.298 e. The zero-order chi connectivity index (χ0) is 18.8. The van der Waals surface area contributed by atoms with Crippen molar-refractivity contribution in [1.82, 2.24) is 15.1 Å². The van der Waals surface area contributed by atoms with Crippen LogP contribution in [0, 0.1) is 18.6 Å². The van der Waals surface area contributed by atoms with Crippen molar-refractivity contribution in [3.8, 4) is 11.1 Å². The average molecular weight is 367 g/mol. The maximum Gasteiger partial charge on any atom is 0.130 e. The fourth-order valence-corrected chi connectivity index (χ4v) is 3.98. The number of nitrogens with one attached hydrogen (secondary N) is 1.